The van der Waals surface area contributed by atoms with Crippen molar-refractivity contribution in [2.75, 3.05) is 9.80 Å². The molecule has 0 N–H and O–H groups in total. The Morgan fingerprint density at radius 3 is 0.927 bits per heavy atom. The van der Waals surface area contributed by atoms with Crippen LogP contribution in [0.15, 0.2) is 388 Å². The minimum Gasteiger partial charge on any atom is -0.310 e. The Morgan fingerprint density at radius 1 is 0.135 bits per heavy atom. The van der Waals surface area contributed by atoms with Crippen LogP contribution < -0.4 is 9.80 Å². The molecule has 0 heterocycles. The molecule has 0 fully saturated rings. The van der Waals surface area contributed by atoms with Gasteiger partial charge in [0, 0.05) is 33.5 Å². The lowest BCUT2D eigenvalue weighted by Crippen LogP contribution is -2.10. The van der Waals surface area contributed by atoms with E-state index in [2.05, 4.69) is 398 Å². The fourth-order valence-corrected chi connectivity index (χ4v) is 14.1. The van der Waals surface area contributed by atoms with Gasteiger partial charge in [-0.2, -0.15) is 0 Å². The lowest BCUT2D eigenvalue weighted by molar-refractivity contribution is 1.30. The van der Waals surface area contributed by atoms with Crippen molar-refractivity contribution >= 4 is 77.2 Å². The molecule has 0 aliphatic carbocycles. The second-order valence-corrected chi connectivity index (χ2v) is 24.8. The quantitative estimate of drug-likeness (QED) is 0.107. The highest BCUT2D eigenvalue weighted by atomic mass is 15.1. The van der Waals surface area contributed by atoms with E-state index in [1.807, 2.05) is 0 Å². The van der Waals surface area contributed by atoms with E-state index < -0.39 is 0 Å². The normalized spacial score (nSPS) is 11.3. The van der Waals surface area contributed by atoms with Crippen LogP contribution in [0.4, 0.5) is 34.1 Å². The molecule has 0 bridgehead atoms. The molecule has 17 rings (SSSR count). The number of para-hydroxylation sites is 1. The molecule has 0 radical (unpaired) electrons. The van der Waals surface area contributed by atoms with Crippen molar-refractivity contribution in [3.63, 3.8) is 0 Å². The molecule has 0 spiro atoms. The van der Waals surface area contributed by atoms with Crippen molar-refractivity contribution in [3.05, 3.63) is 388 Å². The SMILES string of the molecule is c1ccc(-c2ccc(-c3ccc(N(c4ccc(-c5cccc(-c6ccc7ccc(-c8cc(-c9ccc(N(c%10ccccc%10)c%10cccc%11ccccc%10%11)cc9)ccc8-c8ccccc8)cc7c6)c5)cc4)c4cccc5ccccc45)cc3)cc2-c2ccc3ccccc3c2)cc1. The first kappa shape index (κ1) is 57.3. The molecule has 0 unspecified atom stereocenters. The van der Waals surface area contributed by atoms with Gasteiger partial charge in [-0.25, -0.2) is 0 Å². The van der Waals surface area contributed by atoms with Crippen molar-refractivity contribution < 1.29 is 0 Å². The van der Waals surface area contributed by atoms with Gasteiger partial charge < -0.3 is 9.80 Å². The highest BCUT2D eigenvalue weighted by molar-refractivity contribution is 6.02. The molecule has 0 amide bonds. The van der Waals surface area contributed by atoms with Gasteiger partial charge in [-0.05, 0) is 218 Å². The molecule has 0 saturated heterocycles. The van der Waals surface area contributed by atoms with Crippen LogP contribution in [0.25, 0.3) is 132 Å². The van der Waals surface area contributed by atoms with Crippen molar-refractivity contribution in [1.82, 2.24) is 0 Å². The number of hydrogen-bond donors (Lipinski definition) is 0. The van der Waals surface area contributed by atoms with Crippen LogP contribution in [0.3, 0.4) is 0 Å². The second kappa shape index (κ2) is 25.1. The lowest BCUT2D eigenvalue weighted by atomic mass is 9.89. The summed E-state index contributed by atoms with van der Waals surface area (Å²) in [5.41, 5.74) is 25.5. The second-order valence-electron chi connectivity index (χ2n) is 24.8. The highest BCUT2D eigenvalue weighted by Crippen LogP contribution is 2.45. The number of hydrogen-bond acceptors (Lipinski definition) is 2. The van der Waals surface area contributed by atoms with Gasteiger partial charge in [0.2, 0.25) is 0 Å². The molecular formula is C94H64N2. The van der Waals surface area contributed by atoms with E-state index in [1.165, 1.54) is 104 Å². The highest BCUT2D eigenvalue weighted by Gasteiger charge is 2.20. The maximum Gasteiger partial charge on any atom is 0.0540 e. The fraction of sp³-hybridized carbons (Fsp3) is 0. The lowest BCUT2D eigenvalue weighted by Gasteiger charge is -2.27. The van der Waals surface area contributed by atoms with Gasteiger partial charge in [0.25, 0.3) is 0 Å². The molecule has 17 aromatic carbocycles. The third-order valence-electron chi connectivity index (χ3n) is 19.0. The molecule has 0 saturated carbocycles. The Balaban J connectivity index is 0.679. The summed E-state index contributed by atoms with van der Waals surface area (Å²) in [6, 6.07) is 142. The first-order chi connectivity index (χ1) is 47.6. The Morgan fingerprint density at radius 2 is 0.438 bits per heavy atom. The van der Waals surface area contributed by atoms with Crippen LogP contribution in [-0.2, 0) is 0 Å². The monoisotopic (exact) mass is 1220 g/mol. The van der Waals surface area contributed by atoms with Crippen molar-refractivity contribution in [3.8, 4) is 89.0 Å². The third kappa shape index (κ3) is 11.1. The summed E-state index contributed by atoms with van der Waals surface area (Å²) in [7, 11) is 0. The Hall–Kier alpha value is -12.6. The van der Waals surface area contributed by atoms with Crippen LogP contribution in [-0.4, -0.2) is 0 Å². The van der Waals surface area contributed by atoms with Crippen LogP contribution in [0.5, 0.6) is 0 Å². The molecule has 2 heteroatoms. The van der Waals surface area contributed by atoms with Gasteiger partial charge in [-0.3, -0.25) is 0 Å². The minimum atomic E-state index is 1.08. The van der Waals surface area contributed by atoms with Gasteiger partial charge in [-0.1, -0.05) is 291 Å². The topological polar surface area (TPSA) is 6.48 Å². The van der Waals surface area contributed by atoms with Gasteiger partial charge in [0.15, 0.2) is 0 Å². The maximum absolute atomic E-state index is 2.40. The molecule has 96 heavy (non-hydrogen) atoms. The zero-order valence-electron chi connectivity index (χ0n) is 52.8. The zero-order chi connectivity index (χ0) is 63.7. The van der Waals surface area contributed by atoms with Gasteiger partial charge >= 0.3 is 0 Å². The number of rotatable bonds is 14. The molecule has 0 atom stereocenters. The van der Waals surface area contributed by atoms with Crippen molar-refractivity contribution in [2.45, 2.75) is 0 Å². The number of benzene rings is 17. The van der Waals surface area contributed by atoms with Crippen LogP contribution in [0.2, 0.25) is 0 Å². The number of nitrogens with zero attached hydrogens (tertiary/aromatic N) is 2. The third-order valence-corrected chi connectivity index (χ3v) is 19.0. The standard InChI is InChI=1S/C94H64N2/c1-4-20-70(21-5-1)87-57-49-78(63-91(87)80-41-38-65-19-10-11-26-74(65)60-80)68-47-55-86(56-48-68)96(94-36-18-28-73-25-13-15-34-90(73)94)85-51-43-66(44-52-85)75-29-16-30-76(59-75)77-40-37-69-39-42-81(62-82(69)61-77)92-64-79(50-58-88(92)71-22-6-2-7-23-71)67-45-53-84(54-46-67)95(83-31-8-3-9-32-83)93-35-17-27-72-24-12-14-33-89(72)93/h1-64H. The van der Waals surface area contributed by atoms with E-state index in [1.54, 1.807) is 0 Å². The average Bonchev–Trinajstić information content (AvgIpc) is 0.955. The van der Waals surface area contributed by atoms with E-state index in [0.717, 1.165) is 61.9 Å². The summed E-state index contributed by atoms with van der Waals surface area (Å²) in [4.78, 5) is 4.77. The molecule has 0 aliphatic rings. The summed E-state index contributed by atoms with van der Waals surface area (Å²) in [6.07, 6.45) is 0. The van der Waals surface area contributed by atoms with E-state index in [-0.39, 0.29) is 0 Å². The van der Waals surface area contributed by atoms with E-state index in [0.29, 0.717) is 0 Å². The summed E-state index contributed by atoms with van der Waals surface area (Å²) < 4.78 is 0. The number of fused-ring (bicyclic) bond motifs is 4. The summed E-state index contributed by atoms with van der Waals surface area (Å²) in [5, 5.41) is 9.67. The van der Waals surface area contributed by atoms with Crippen molar-refractivity contribution in [1.29, 1.82) is 0 Å². The van der Waals surface area contributed by atoms with Crippen molar-refractivity contribution in [2.24, 2.45) is 0 Å². The summed E-state index contributed by atoms with van der Waals surface area (Å²) in [5.74, 6) is 0. The minimum absolute atomic E-state index is 1.08. The van der Waals surface area contributed by atoms with E-state index in [4.69, 9.17) is 0 Å². The van der Waals surface area contributed by atoms with Gasteiger partial charge in [0.1, 0.15) is 0 Å². The molecule has 2 nitrogen and oxygen atoms in total. The van der Waals surface area contributed by atoms with Gasteiger partial charge in [-0.15, -0.1) is 0 Å². The number of anilines is 6. The zero-order valence-corrected chi connectivity index (χ0v) is 52.8. The first-order valence-electron chi connectivity index (χ1n) is 33.0. The van der Waals surface area contributed by atoms with E-state index >= 15 is 0 Å². The predicted octanol–water partition coefficient (Wildman–Crippen LogP) is 26.6. The Labute approximate surface area is 560 Å². The molecular weight excluding hydrogens is 1160 g/mol. The van der Waals surface area contributed by atoms with E-state index in [9.17, 15) is 0 Å². The van der Waals surface area contributed by atoms with Crippen LogP contribution >= 0.6 is 0 Å². The summed E-state index contributed by atoms with van der Waals surface area (Å²) in [6.45, 7) is 0. The molecule has 0 aromatic heterocycles. The first-order valence-corrected chi connectivity index (χ1v) is 33.0. The molecule has 0 aliphatic heterocycles. The van der Waals surface area contributed by atoms with Gasteiger partial charge in [0.05, 0.1) is 11.4 Å². The summed E-state index contributed by atoms with van der Waals surface area (Å²) >= 11 is 0. The molecule has 17 aromatic rings. The molecule has 450 valence electrons. The predicted molar refractivity (Wildman–Crippen MR) is 409 cm³/mol. The fourth-order valence-electron chi connectivity index (χ4n) is 14.1. The Bertz CT molecular complexity index is 5670. The largest absolute Gasteiger partial charge is 0.310 e. The van der Waals surface area contributed by atoms with Crippen LogP contribution in [0, 0.1) is 0 Å². The van der Waals surface area contributed by atoms with Crippen LogP contribution in [0.1, 0.15) is 0 Å². The Kier molecular flexibility index (Phi) is 15.0. The average molecular weight is 1220 g/mol. The smallest absolute Gasteiger partial charge is 0.0540 e. The maximum atomic E-state index is 2.40.